The molecular weight excluding hydrogens is 386 g/mol. The summed E-state index contributed by atoms with van der Waals surface area (Å²) in [6, 6.07) is 13.4. The van der Waals surface area contributed by atoms with E-state index in [-0.39, 0.29) is 17.8 Å². The summed E-state index contributed by atoms with van der Waals surface area (Å²) in [5, 5.41) is 12.1. The van der Waals surface area contributed by atoms with Gasteiger partial charge in [0.15, 0.2) is 0 Å². The zero-order valence-corrected chi connectivity index (χ0v) is 16.8. The van der Waals surface area contributed by atoms with Crippen molar-refractivity contribution in [1.29, 1.82) is 0 Å². The van der Waals surface area contributed by atoms with Crippen molar-refractivity contribution in [2.75, 3.05) is 13.1 Å². The highest BCUT2D eigenvalue weighted by Gasteiger charge is 2.26. The number of aromatic nitrogens is 2. The number of ether oxygens (including phenoxy) is 1. The molecule has 1 aliphatic rings. The van der Waals surface area contributed by atoms with Gasteiger partial charge in [-0.1, -0.05) is 30.3 Å². The molecular formula is C22H23N3O3S. The van der Waals surface area contributed by atoms with Crippen LogP contribution in [0.25, 0.3) is 0 Å². The SMILES string of the molecule is O=C(O)c1ccnc(CN2CCC(OC(c3ccccc3)c3nccs3)CC2)c1. The van der Waals surface area contributed by atoms with Crippen molar-refractivity contribution in [3.63, 3.8) is 0 Å². The standard InChI is InChI=1S/C22H23N3O3S/c26-22(27)17-6-9-23-18(14-17)15-25-11-7-19(8-12-25)28-20(21-24-10-13-29-21)16-4-2-1-3-5-16/h1-6,9-10,13-14,19-20H,7-8,11-12,15H2,(H,26,27). The van der Waals surface area contributed by atoms with Gasteiger partial charge in [0.25, 0.3) is 0 Å². The van der Waals surface area contributed by atoms with Gasteiger partial charge in [0.05, 0.1) is 17.4 Å². The van der Waals surface area contributed by atoms with Crippen molar-refractivity contribution in [2.24, 2.45) is 0 Å². The highest BCUT2D eigenvalue weighted by Crippen LogP contribution is 2.31. The summed E-state index contributed by atoms with van der Waals surface area (Å²) in [6.07, 6.45) is 5.26. The minimum Gasteiger partial charge on any atom is -0.478 e. The molecule has 0 radical (unpaired) electrons. The summed E-state index contributed by atoms with van der Waals surface area (Å²) in [5.74, 6) is -0.921. The first-order chi connectivity index (χ1) is 14.2. The van der Waals surface area contributed by atoms with E-state index in [0.29, 0.717) is 6.54 Å². The van der Waals surface area contributed by atoms with Crippen molar-refractivity contribution < 1.29 is 14.6 Å². The van der Waals surface area contributed by atoms with Gasteiger partial charge in [-0.3, -0.25) is 9.88 Å². The van der Waals surface area contributed by atoms with Crippen LogP contribution < -0.4 is 0 Å². The van der Waals surface area contributed by atoms with Crippen LogP contribution in [0, 0.1) is 0 Å². The van der Waals surface area contributed by atoms with Gasteiger partial charge in [0.2, 0.25) is 0 Å². The maximum atomic E-state index is 11.1. The second-order valence-corrected chi connectivity index (χ2v) is 8.04. The van der Waals surface area contributed by atoms with Crippen molar-refractivity contribution in [2.45, 2.75) is 31.6 Å². The Kier molecular flexibility index (Phi) is 6.29. The number of hydrogen-bond donors (Lipinski definition) is 1. The quantitative estimate of drug-likeness (QED) is 0.636. The van der Waals surface area contributed by atoms with Gasteiger partial charge >= 0.3 is 5.97 Å². The van der Waals surface area contributed by atoms with Crippen LogP contribution in [0.2, 0.25) is 0 Å². The fraction of sp³-hybridized carbons (Fsp3) is 0.318. The molecule has 0 spiro atoms. The number of thiazole rings is 1. The van der Waals surface area contributed by atoms with Crippen molar-refractivity contribution in [1.82, 2.24) is 14.9 Å². The number of rotatable bonds is 7. The Hall–Kier alpha value is -2.61. The molecule has 150 valence electrons. The highest BCUT2D eigenvalue weighted by atomic mass is 32.1. The summed E-state index contributed by atoms with van der Waals surface area (Å²) < 4.78 is 6.50. The molecule has 0 saturated carbocycles. The van der Waals surface area contributed by atoms with Gasteiger partial charge in [-0.05, 0) is 30.5 Å². The number of nitrogens with zero attached hydrogens (tertiary/aromatic N) is 3. The maximum Gasteiger partial charge on any atom is 0.335 e. The lowest BCUT2D eigenvalue weighted by atomic mass is 10.1. The first kappa shape index (κ1) is 19.7. The van der Waals surface area contributed by atoms with Gasteiger partial charge in [0.1, 0.15) is 11.1 Å². The van der Waals surface area contributed by atoms with Crippen molar-refractivity contribution >= 4 is 17.3 Å². The Morgan fingerprint density at radius 1 is 1.17 bits per heavy atom. The Morgan fingerprint density at radius 2 is 1.97 bits per heavy atom. The van der Waals surface area contributed by atoms with E-state index in [9.17, 15) is 4.79 Å². The van der Waals surface area contributed by atoms with Crippen molar-refractivity contribution in [3.05, 3.63) is 82.1 Å². The fourth-order valence-electron chi connectivity index (χ4n) is 3.59. The van der Waals surface area contributed by atoms with Gasteiger partial charge in [0, 0.05) is 37.4 Å². The molecule has 7 heteroatoms. The van der Waals surface area contributed by atoms with Gasteiger partial charge in [-0.2, -0.15) is 0 Å². The topological polar surface area (TPSA) is 75.5 Å². The molecule has 4 rings (SSSR count). The summed E-state index contributed by atoms with van der Waals surface area (Å²) >= 11 is 1.62. The lowest BCUT2D eigenvalue weighted by Crippen LogP contribution is -2.37. The van der Waals surface area contributed by atoms with Crippen LogP contribution in [-0.2, 0) is 11.3 Å². The molecule has 0 aliphatic carbocycles. The van der Waals surface area contributed by atoms with E-state index in [0.717, 1.165) is 42.2 Å². The van der Waals surface area contributed by atoms with Crippen LogP contribution in [0.15, 0.2) is 60.2 Å². The molecule has 1 fully saturated rings. The summed E-state index contributed by atoms with van der Waals surface area (Å²) in [4.78, 5) is 22.2. The highest BCUT2D eigenvalue weighted by molar-refractivity contribution is 7.09. The number of aromatic carboxylic acids is 1. The molecule has 3 heterocycles. The first-order valence-electron chi connectivity index (χ1n) is 9.69. The zero-order chi connectivity index (χ0) is 20.1. The van der Waals surface area contributed by atoms with Crippen LogP contribution in [0.3, 0.4) is 0 Å². The Bertz CT molecular complexity index is 925. The third-order valence-electron chi connectivity index (χ3n) is 5.09. The third-order valence-corrected chi connectivity index (χ3v) is 5.91. The molecule has 1 atom stereocenters. The molecule has 1 N–H and O–H groups in total. The predicted molar refractivity (Wildman–Crippen MR) is 111 cm³/mol. The minimum atomic E-state index is -0.921. The number of likely N-dealkylation sites (tertiary alicyclic amines) is 1. The van der Waals surface area contributed by atoms with E-state index in [1.54, 1.807) is 23.6 Å². The number of carbonyl (C=O) groups is 1. The summed E-state index contributed by atoms with van der Waals surface area (Å²) in [6.45, 7) is 2.44. The molecule has 0 bridgehead atoms. The van der Waals surface area contributed by atoms with E-state index in [2.05, 4.69) is 27.0 Å². The van der Waals surface area contributed by atoms with E-state index in [4.69, 9.17) is 9.84 Å². The number of hydrogen-bond acceptors (Lipinski definition) is 6. The Labute approximate surface area is 173 Å². The van der Waals surface area contributed by atoms with E-state index >= 15 is 0 Å². The van der Waals surface area contributed by atoms with Gasteiger partial charge in [-0.15, -0.1) is 11.3 Å². The van der Waals surface area contributed by atoms with Crippen molar-refractivity contribution in [3.8, 4) is 0 Å². The number of pyridine rings is 1. The van der Waals surface area contributed by atoms with Gasteiger partial charge < -0.3 is 9.84 Å². The third kappa shape index (κ3) is 5.06. The van der Waals surface area contributed by atoms with E-state index in [1.807, 2.05) is 29.8 Å². The van der Waals surface area contributed by atoms with Gasteiger partial charge in [-0.25, -0.2) is 9.78 Å². The Morgan fingerprint density at radius 3 is 2.66 bits per heavy atom. The maximum absolute atomic E-state index is 11.1. The van der Waals surface area contributed by atoms with Crippen LogP contribution in [0.5, 0.6) is 0 Å². The summed E-state index contributed by atoms with van der Waals surface area (Å²) in [5.41, 5.74) is 2.19. The predicted octanol–water partition coefficient (Wildman–Crippen LogP) is 4.01. The molecule has 2 aromatic heterocycles. The lowest BCUT2D eigenvalue weighted by Gasteiger charge is -2.33. The second-order valence-electron chi connectivity index (χ2n) is 7.11. The molecule has 3 aromatic rings. The minimum absolute atomic E-state index is 0.137. The average molecular weight is 410 g/mol. The summed E-state index contributed by atoms with van der Waals surface area (Å²) in [7, 11) is 0. The monoisotopic (exact) mass is 409 g/mol. The number of piperidine rings is 1. The molecule has 29 heavy (non-hydrogen) atoms. The van der Waals surface area contributed by atoms with Crippen LogP contribution in [-0.4, -0.2) is 45.1 Å². The van der Waals surface area contributed by atoms with E-state index < -0.39 is 5.97 Å². The Balaban J connectivity index is 1.36. The second kappa shape index (κ2) is 9.26. The smallest absolute Gasteiger partial charge is 0.335 e. The van der Waals surface area contributed by atoms with Crippen LogP contribution >= 0.6 is 11.3 Å². The number of carboxylic acid groups (broad SMARTS) is 1. The normalized spacial score (nSPS) is 16.6. The lowest BCUT2D eigenvalue weighted by molar-refractivity contribution is -0.0283. The molecule has 1 unspecified atom stereocenters. The van der Waals surface area contributed by atoms with Crippen LogP contribution in [0.4, 0.5) is 0 Å². The number of benzene rings is 1. The fourth-order valence-corrected chi connectivity index (χ4v) is 4.29. The largest absolute Gasteiger partial charge is 0.478 e. The average Bonchev–Trinajstić information content (AvgIpc) is 3.28. The molecule has 6 nitrogen and oxygen atoms in total. The number of carboxylic acids is 1. The zero-order valence-electron chi connectivity index (χ0n) is 16.0. The van der Waals surface area contributed by atoms with Crippen LogP contribution in [0.1, 0.15) is 45.6 Å². The molecule has 1 saturated heterocycles. The molecule has 1 aliphatic heterocycles. The first-order valence-corrected chi connectivity index (χ1v) is 10.6. The molecule has 0 amide bonds. The molecule has 1 aromatic carbocycles. The van der Waals surface area contributed by atoms with E-state index in [1.165, 1.54) is 6.07 Å².